The van der Waals surface area contributed by atoms with Crippen molar-refractivity contribution in [3.05, 3.63) is 64.9 Å². The van der Waals surface area contributed by atoms with E-state index in [1.54, 1.807) is 55.6 Å². The number of aromatic nitrogens is 3. The van der Waals surface area contributed by atoms with Crippen LogP contribution in [0.3, 0.4) is 0 Å². The Balaban J connectivity index is 1.71. The average Bonchev–Trinajstić information content (AvgIpc) is 3.24. The lowest BCUT2D eigenvalue weighted by molar-refractivity contribution is -0.113. The largest absolute Gasteiger partial charge is 0.497 e. The van der Waals surface area contributed by atoms with E-state index >= 15 is 0 Å². The van der Waals surface area contributed by atoms with Crippen molar-refractivity contribution in [1.82, 2.24) is 20.1 Å². The van der Waals surface area contributed by atoms with E-state index in [4.69, 9.17) is 16.3 Å². The molecule has 0 aliphatic heterocycles. The van der Waals surface area contributed by atoms with Crippen LogP contribution in [0.25, 0.3) is 0 Å². The van der Waals surface area contributed by atoms with E-state index < -0.39 is 0 Å². The maximum Gasteiger partial charge on any atom is 0.251 e. The molecule has 2 amide bonds. The Morgan fingerprint density at radius 1 is 1.12 bits per heavy atom. The van der Waals surface area contributed by atoms with Crippen molar-refractivity contribution in [3.63, 3.8) is 0 Å². The molecule has 3 aromatic rings. The summed E-state index contributed by atoms with van der Waals surface area (Å²) in [5.74, 6) is 1.14. The van der Waals surface area contributed by atoms with E-state index in [0.717, 1.165) is 0 Å². The zero-order chi connectivity index (χ0) is 24.7. The Hall–Kier alpha value is -3.04. The third kappa shape index (κ3) is 6.30. The van der Waals surface area contributed by atoms with Crippen molar-refractivity contribution < 1.29 is 14.3 Å². The average molecular weight is 502 g/mol. The molecule has 1 aromatic heterocycles. The molecular formula is C24H28ClN5O3S. The third-order valence-corrected chi connectivity index (χ3v) is 6.42. The number of anilines is 1. The molecule has 0 saturated heterocycles. The van der Waals surface area contributed by atoms with Gasteiger partial charge in [0.2, 0.25) is 5.91 Å². The lowest BCUT2D eigenvalue weighted by atomic mass is 10.0. The highest BCUT2D eigenvalue weighted by Gasteiger charge is 2.26. The Morgan fingerprint density at radius 2 is 1.82 bits per heavy atom. The maximum absolute atomic E-state index is 12.9. The normalized spacial score (nSPS) is 11.8. The van der Waals surface area contributed by atoms with Crippen LogP contribution in [-0.2, 0) is 11.3 Å². The molecule has 1 atom stereocenters. The summed E-state index contributed by atoms with van der Waals surface area (Å²) < 4.78 is 7.08. The van der Waals surface area contributed by atoms with Crippen molar-refractivity contribution in [1.29, 1.82) is 0 Å². The maximum atomic E-state index is 12.9. The number of methoxy groups -OCH3 is 1. The van der Waals surface area contributed by atoms with Crippen LogP contribution in [0.15, 0.2) is 53.7 Å². The first-order valence-electron chi connectivity index (χ1n) is 10.9. The summed E-state index contributed by atoms with van der Waals surface area (Å²) in [6.45, 7) is 6.59. The van der Waals surface area contributed by atoms with Crippen molar-refractivity contribution in [2.45, 2.75) is 38.5 Å². The van der Waals surface area contributed by atoms with Crippen molar-refractivity contribution in [2.24, 2.45) is 5.92 Å². The third-order valence-electron chi connectivity index (χ3n) is 5.13. The molecule has 180 valence electrons. The van der Waals surface area contributed by atoms with Crippen LogP contribution in [0.5, 0.6) is 5.75 Å². The van der Waals surface area contributed by atoms with Crippen LogP contribution in [0.1, 0.15) is 43.0 Å². The van der Waals surface area contributed by atoms with Gasteiger partial charge in [0.1, 0.15) is 5.75 Å². The Bertz CT molecular complexity index is 1130. The van der Waals surface area contributed by atoms with E-state index in [-0.39, 0.29) is 29.5 Å². The fourth-order valence-corrected chi connectivity index (χ4v) is 4.30. The molecule has 0 unspecified atom stereocenters. The van der Waals surface area contributed by atoms with Gasteiger partial charge in [-0.2, -0.15) is 0 Å². The van der Waals surface area contributed by atoms with Gasteiger partial charge in [0.15, 0.2) is 11.0 Å². The minimum atomic E-state index is -0.353. The molecule has 3 rings (SSSR count). The number of hydrogen-bond acceptors (Lipinski definition) is 6. The molecule has 0 aliphatic rings. The van der Waals surface area contributed by atoms with Crippen LogP contribution in [0, 0.1) is 5.92 Å². The topological polar surface area (TPSA) is 98.1 Å². The molecule has 34 heavy (non-hydrogen) atoms. The Morgan fingerprint density at radius 3 is 2.44 bits per heavy atom. The van der Waals surface area contributed by atoms with Gasteiger partial charge >= 0.3 is 0 Å². The molecule has 2 aromatic carbocycles. The summed E-state index contributed by atoms with van der Waals surface area (Å²) in [4.78, 5) is 25.3. The van der Waals surface area contributed by atoms with Gasteiger partial charge in [-0.05, 0) is 49.2 Å². The minimum absolute atomic E-state index is 0.0677. The fourth-order valence-electron chi connectivity index (χ4n) is 3.31. The number of carbonyl (C=O) groups is 2. The van der Waals surface area contributed by atoms with E-state index in [1.165, 1.54) is 11.8 Å². The predicted molar refractivity (Wildman–Crippen MR) is 135 cm³/mol. The number of nitrogens with one attached hydrogen (secondary N) is 2. The van der Waals surface area contributed by atoms with E-state index in [2.05, 4.69) is 20.8 Å². The summed E-state index contributed by atoms with van der Waals surface area (Å²) in [7, 11) is 1.58. The van der Waals surface area contributed by atoms with Crippen LogP contribution in [-0.4, -0.2) is 39.4 Å². The van der Waals surface area contributed by atoms with Gasteiger partial charge in [-0.25, -0.2) is 0 Å². The van der Waals surface area contributed by atoms with Gasteiger partial charge in [0.05, 0.1) is 29.6 Å². The quantitative estimate of drug-likeness (QED) is 0.386. The SMILES string of the molecule is CCn1c(SCC(=O)Nc2ccccc2Cl)nnc1[C@H](NC(=O)c1ccc(OC)cc1)C(C)C. The van der Waals surface area contributed by atoms with Gasteiger partial charge in [0.25, 0.3) is 5.91 Å². The second kappa shape index (κ2) is 11.9. The monoisotopic (exact) mass is 501 g/mol. The summed E-state index contributed by atoms with van der Waals surface area (Å²) in [6.07, 6.45) is 0. The number of hydrogen-bond donors (Lipinski definition) is 2. The molecule has 0 saturated carbocycles. The highest BCUT2D eigenvalue weighted by molar-refractivity contribution is 7.99. The first-order valence-corrected chi connectivity index (χ1v) is 12.3. The standard InChI is InChI=1S/C24H28ClN5O3S/c1-5-30-22(21(15(2)3)27-23(32)16-10-12-17(33-4)13-11-16)28-29-24(30)34-14-20(31)26-19-9-7-6-8-18(19)25/h6-13,15,21H,5,14H2,1-4H3,(H,26,31)(H,27,32)/t21-/m1/s1. The van der Waals surface area contributed by atoms with E-state index in [9.17, 15) is 9.59 Å². The number of carbonyl (C=O) groups excluding carboxylic acids is 2. The summed E-state index contributed by atoms with van der Waals surface area (Å²) >= 11 is 7.39. The van der Waals surface area contributed by atoms with Gasteiger partial charge in [-0.15, -0.1) is 10.2 Å². The zero-order valence-electron chi connectivity index (χ0n) is 19.5. The van der Waals surface area contributed by atoms with Crippen molar-refractivity contribution in [2.75, 3.05) is 18.2 Å². The van der Waals surface area contributed by atoms with Crippen molar-refractivity contribution >= 4 is 40.9 Å². The molecule has 1 heterocycles. The zero-order valence-corrected chi connectivity index (χ0v) is 21.1. The van der Waals surface area contributed by atoms with Crippen LogP contribution in [0.4, 0.5) is 5.69 Å². The molecule has 0 bridgehead atoms. The van der Waals surface area contributed by atoms with E-state index in [0.29, 0.717) is 39.5 Å². The number of halogens is 1. The highest BCUT2D eigenvalue weighted by Crippen LogP contribution is 2.26. The lowest BCUT2D eigenvalue weighted by Crippen LogP contribution is -2.33. The molecule has 8 nitrogen and oxygen atoms in total. The second-order valence-electron chi connectivity index (χ2n) is 7.83. The summed E-state index contributed by atoms with van der Waals surface area (Å²) in [5, 5.41) is 15.6. The number of nitrogens with zero attached hydrogens (tertiary/aromatic N) is 3. The lowest BCUT2D eigenvalue weighted by Gasteiger charge is -2.22. The Kier molecular flexibility index (Phi) is 8.95. The van der Waals surface area contributed by atoms with Crippen LogP contribution in [0.2, 0.25) is 5.02 Å². The fraction of sp³-hybridized carbons (Fsp3) is 0.333. The number of ether oxygens (including phenoxy) is 1. The Labute approximate surface area is 208 Å². The van der Waals surface area contributed by atoms with Crippen LogP contribution < -0.4 is 15.4 Å². The minimum Gasteiger partial charge on any atom is -0.497 e. The number of para-hydroxylation sites is 1. The molecular weight excluding hydrogens is 474 g/mol. The first kappa shape index (κ1) is 25.6. The molecule has 0 spiro atoms. The summed E-state index contributed by atoms with van der Waals surface area (Å²) in [6, 6.07) is 13.6. The molecule has 0 radical (unpaired) electrons. The molecule has 10 heteroatoms. The molecule has 0 fully saturated rings. The first-order chi connectivity index (χ1) is 16.3. The predicted octanol–water partition coefficient (Wildman–Crippen LogP) is 4.82. The van der Waals surface area contributed by atoms with Crippen molar-refractivity contribution in [3.8, 4) is 5.75 Å². The highest BCUT2D eigenvalue weighted by atomic mass is 35.5. The number of benzene rings is 2. The van der Waals surface area contributed by atoms with E-state index in [1.807, 2.05) is 25.3 Å². The smallest absolute Gasteiger partial charge is 0.251 e. The van der Waals surface area contributed by atoms with Gasteiger partial charge in [-0.1, -0.05) is 49.3 Å². The van der Waals surface area contributed by atoms with Gasteiger partial charge in [-0.3, -0.25) is 9.59 Å². The molecule has 0 aliphatic carbocycles. The number of rotatable bonds is 10. The summed E-state index contributed by atoms with van der Waals surface area (Å²) in [5.41, 5.74) is 1.09. The van der Waals surface area contributed by atoms with Crippen LogP contribution >= 0.6 is 23.4 Å². The van der Waals surface area contributed by atoms with Gasteiger partial charge < -0.3 is 19.9 Å². The molecule has 2 N–H and O–H groups in total. The number of amides is 2. The number of thioether (sulfide) groups is 1. The van der Waals surface area contributed by atoms with Gasteiger partial charge in [0, 0.05) is 12.1 Å². The second-order valence-corrected chi connectivity index (χ2v) is 9.18.